The standard InChI is InChI=1S/C41H26N4/c1-3-13-27(14-4-1)36-26-37(28-15-5-2-6-16-28)43-40(42-36)29-17-11-18-30(25-29)41-44-35-23-12-22-34-32-20-8-7-19-31(32)33-21-9-10-24-38(33)45(41)39(34)35/h1-26H. The lowest BCUT2D eigenvalue weighted by atomic mass is 9.94. The van der Waals surface area contributed by atoms with E-state index in [-0.39, 0.29) is 0 Å². The molecule has 0 spiro atoms. The summed E-state index contributed by atoms with van der Waals surface area (Å²) in [6.07, 6.45) is 0. The van der Waals surface area contributed by atoms with Crippen molar-refractivity contribution in [3.63, 3.8) is 0 Å². The van der Waals surface area contributed by atoms with Crippen LogP contribution in [0.1, 0.15) is 0 Å². The summed E-state index contributed by atoms with van der Waals surface area (Å²) in [5.74, 6) is 1.57. The monoisotopic (exact) mass is 574 g/mol. The number of rotatable bonds is 4. The number of hydrogen-bond donors (Lipinski definition) is 0. The fourth-order valence-electron chi connectivity index (χ4n) is 6.51. The number of hydrogen-bond acceptors (Lipinski definition) is 3. The normalized spacial score (nSPS) is 11.6. The Morgan fingerprint density at radius 2 is 0.911 bits per heavy atom. The number of imidazole rings is 1. The first-order chi connectivity index (χ1) is 22.3. The molecule has 0 fully saturated rings. The van der Waals surface area contributed by atoms with Crippen LogP contribution in [-0.2, 0) is 0 Å². The summed E-state index contributed by atoms with van der Waals surface area (Å²) < 4.78 is 2.33. The van der Waals surface area contributed by atoms with E-state index in [9.17, 15) is 0 Å². The molecule has 8 aromatic rings. The lowest BCUT2D eigenvalue weighted by Gasteiger charge is -2.14. The van der Waals surface area contributed by atoms with E-state index < -0.39 is 0 Å². The largest absolute Gasteiger partial charge is 0.291 e. The molecule has 1 aliphatic rings. The predicted octanol–water partition coefficient (Wildman–Crippen LogP) is 10.1. The highest BCUT2D eigenvalue weighted by Crippen LogP contribution is 2.45. The zero-order chi connectivity index (χ0) is 29.7. The van der Waals surface area contributed by atoms with Gasteiger partial charge in [0.2, 0.25) is 0 Å². The average molecular weight is 575 g/mol. The third kappa shape index (κ3) is 4.19. The van der Waals surface area contributed by atoms with Crippen LogP contribution in [-0.4, -0.2) is 19.5 Å². The molecule has 2 aromatic heterocycles. The first-order valence-corrected chi connectivity index (χ1v) is 15.1. The van der Waals surface area contributed by atoms with E-state index in [4.69, 9.17) is 15.0 Å². The second kappa shape index (κ2) is 10.2. The molecule has 0 atom stereocenters. The maximum absolute atomic E-state index is 5.26. The number of nitrogens with zero attached hydrogens (tertiary/aromatic N) is 4. The van der Waals surface area contributed by atoms with Crippen molar-refractivity contribution >= 4 is 11.0 Å². The van der Waals surface area contributed by atoms with Gasteiger partial charge in [-0.3, -0.25) is 4.57 Å². The van der Waals surface area contributed by atoms with Gasteiger partial charge in [-0.15, -0.1) is 0 Å². The van der Waals surface area contributed by atoms with Crippen molar-refractivity contribution in [3.05, 3.63) is 158 Å². The van der Waals surface area contributed by atoms with Crippen molar-refractivity contribution in [2.24, 2.45) is 0 Å². The third-order valence-corrected chi connectivity index (χ3v) is 8.57. The van der Waals surface area contributed by atoms with Gasteiger partial charge < -0.3 is 0 Å². The van der Waals surface area contributed by atoms with Gasteiger partial charge in [0.25, 0.3) is 0 Å². The molecule has 4 heteroatoms. The molecule has 0 bridgehead atoms. The molecule has 0 amide bonds. The van der Waals surface area contributed by atoms with Crippen LogP contribution in [0.25, 0.3) is 84.3 Å². The molecular formula is C41H26N4. The van der Waals surface area contributed by atoms with Crippen LogP contribution in [0.4, 0.5) is 0 Å². The molecule has 0 unspecified atom stereocenters. The molecule has 3 heterocycles. The van der Waals surface area contributed by atoms with Gasteiger partial charge in [0.1, 0.15) is 5.82 Å². The molecule has 0 aliphatic carbocycles. The van der Waals surface area contributed by atoms with Gasteiger partial charge in [-0.2, -0.15) is 0 Å². The van der Waals surface area contributed by atoms with Crippen LogP contribution in [0.5, 0.6) is 0 Å². The minimum Gasteiger partial charge on any atom is -0.291 e. The highest BCUT2D eigenvalue weighted by Gasteiger charge is 2.25. The lowest BCUT2D eigenvalue weighted by molar-refractivity contribution is 1.11. The number of aromatic nitrogens is 4. The zero-order valence-electron chi connectivity index (χ0n) is 24.3. The van der Waals surface area contributed by atoms with Crippen LogP contribution in [0.2, 0.25) is 0 Å². The molecule has 45 heavy (non-hydrogen) atoms. The second-order valence-electron chi connectivity index (χ2n) is 11.3. The van der Waals surface area contributed by atoms with Crippen LogP contribution in [0.15, 0.2) is 158 Å². The van der Waals surface area contributed by atoms with Gasteiger partial charge in [0.15, 0.2) is 5.82 Å². The summed E-state index contributed by atoms with van der Waals surface area (Å²) in [6.45, 7) is 0. The van der Waals surface area contributed by atoms with Crippen LogP contribution in [0.3, 0.4) is 0 Å². The summed E-state index contributed by atoms with van der Waals surface area (Å²) in [5, 5.41) is 0. The van der Waals surface area contributed by atoms with E-state index in [2.05, 4.69) is 126 Å². The molecule has 210 valence electrons. The fraction of sp³-hybridized carbons (Fsp3) is 0. The number of benzene rings is 6. The van der Waals surface area contributed by atoms with E-state index in [0.717, 1.165) is 56.2 Å². The molecule has 1 aliphatic heterocycles. The van der Waals surface area contributed by atoms with E-state index in [1.54, 1.807) is 0 Å². The van der Waals surface area contributed by atoms with Crippen molar-refractivity contribution in [1.29, 1.82) is 0 Å². The average Bonchev–Trinajstić information content (AvgIpc) is 3.46. The second-order valence-corrected chi connectivity index (χ2v) is 11.3. The van der Waals surface area contributed by atoms with Crippen molar-refractivity contribution in [2.75, 3.05) is 0 Å². The van der Waals surface area contributed by atoms with Gasteiger partial charge in [-0.25, -0.2) is 15.0 Å². The van der Waals surface area contributed by atoms with Crippen molar-refractivity contribution in [2.45, 2.75) is 0 Å². The Hall–Kier alpha value is -6.13. The fourth-order valence-corrected chi connectivity index (χ4v) is 6.51. The Morgan fingerprint density at radius 3 is 1.62 bits per heavy atom. The minimum absolute atomic E-state index is 0.678. The summed E-state index contributed by atoms with van der Waals surface area (Å²) in [4.78, 5) is 15.4. The molecule has 6 aromatic carbocycles. The molecule has 0 saturated heterocycles. The summed E-state index contributed by atoms with van der Waals surface area (Å²) in [6, 6.07) is 54.8. The molecule has 4 nitrogen and oxygen atoms in total. The first kappa shape index (κ1) is 25.4. The Morgan fingerprint density at radius 1 is 0.378 bits per heavy atom. The van der Waals surface area contributed by atoms with E-state index in [1.807, 2.05) is 36.4 Å². The number of fused-ring (bicyclic) bond motifs is 5. The van der Waals surface area contributed by atoms with E-state index in [1.165, 1.54) is 22.3 Å². The first-order valence-electron chi connectivity index (χ1n) is 15.1. The maximum atomic E-state index is 5.26. The summed E-state index contributed by atoms with van der Waals surface area (Å²) in [7, 11) is 0. The van der Waals surface area contributed by atoms with Gasteiger partial charge in [-0.1, -0.05) is 133 Å². The molecule has 0 saturated carbocycles. The number of para-hydroxylation sites is 2. The van der Waals surface area contributed by atoms with E-state index >= 15 is 0 Å². The highest BCUT2D eigenvalue weighted by molar-refractivity contribution is 6.03. The molecular weight excluding hydrogens is 548 g/mol. The Labute approximate surface area is 261 Å². The van der Waals surface area contributed by atoms with Gasteiger partial charge in [0.05, 0.1) is 28.1 Å². The predicted molar refractivity (Wildman–Crippen MR) is 183 cm³/mol. The summed E-state index contributed by atoms with van der Waals surface area (Å²) in [5.41, 5.74) is 13.8. The van der Waals surface area contributed by atoms with Gasteiger partial charge in [-0.05, 0) is 35.4 Å². The maximum Gasteiger partial charge on any atom is 0.160 e. The van der Waals surface area contributed by atoms with E-state index in [0.29, 0.717) is 5.82 Å². The minimum atomic E-state index is 0.678. The van der Waals surface area contributed by atoms with Crippen LogP contribution < -0.4 is 0 Å². The Kier molecular flexibility index (Phi) is 5.78. The Balaban J connectivity index is 1.27. The highest BCUT2D eigenvalue weighted by atomic mass is 15.1. The van der Waals surface area contributed by atoms with Gasteiger partial charge in [0, 0.05) is 33.4 Å². The van der Waals surface area contributed by atoms with Crippen LogP contribution in [0, 0.1) is 0 Å². The topological polar surface area (TPSA) is 43.6 Å². The quantitative estimate of drug-likeness (QED) is 0.210. The SMILES string of the molecule is c1ccc(-c2cc(-c3ccccc3)nc(-c3cccc(-c4nc5cccc6c5n4-c4ccccc4-c4ccccc4-6)c3)n2)cc1. The van der Waals surface area contributed by atoms with Crippen LogP contribution >= 0.6 is 0 Å². The summed E-state index contributed by atoms with van der Waals surface area (Å²) >= 11 is 0. The van der Waals surface area contributed by atoms with Crippen molar-refractivity contribution in [1.82, 2.24) is 19.5 Å². The Bertz CT molecular complexity index is 2310. The molecule has 0 radical (unpaired) electrons. The third-order valence-electron chi connectivity index (χ3n) is 8.57. The molecule has 0 N–H and O–H groups in total. The van der Waals surface area contributed by atoms with Crippen molar-refractivity contribution < 1.29 is 0 Å². The smallest absolute Gasteiger partial charge is 0.160 e. The van der Waals surface area contributed by atoms with Crippen molar-refractivity contribution in [3.8, 4) is 73.2 Å². The zero-order valence-corrected chi connectivity index (χ0v) is 24.3. The van der Waals surface area contributed by atoms with Gasteiger partial charge >= 0.3 is 0 Å². The lowest BCUT2D eigenvalue weighted by Crippen LogP contribution is -2.00. The molecule has 9 rings (SSSR count).